The van der Waals surface area contributed by atoms with Crippen molar-refractivity contribution in [2.45, 2.75) is 50.6 Å². The van der Waals surface area contributed by atoms with Crippen molar-refractivity contribution < 1.29 is 74.1 Å². The van der Waals surface area contributed by atoms with E-state index in [4.69, 9.17) is 16.3 Å². The molecular weight excluding hydrogens is 484 g/mol. The van der Waals surface area contributed by atoms with Crippen LogP contribution in [0.4, 0.5) is 13.2 Å². The molecule has 1 amide bonds. The van der Waals surface area contributed by atoms with Gasteiger partial charge >= 0.3 is 51.4 Å². The van der Waals surface area contributed by atoms with Crippen LogP contribution in [0.15, 0.2) is 30.9 Å². The molecule has 4 rings (SSSR count). The minimum atomic E-state index is -3.01. The van der Waals surface area contributed by atoms with Gasteiger partial charge in [-0.25, -0.2) is 13.2 Å². The number of carbonyl (C=O) groups excluding carboxylic acids is 1. The second kappa shape index (κ2) is 11.4. The fourth-order valence-corrected chi connectivity index (χ4v) is 4.96. The summed E-state index contributed by atoms with van der Waals surface area (Å²) in [5, 5.41) is 11.6. The van der Waals surface area contributed by atoms with E-state index in [0.29, 0.717) is 17.6 Å². The third kappa shape index (κ3) is 6.62. The number of hydroxylamine groups is 2. The number of amides is 1. The zero-order valence-electron chi connectivity index (χ0n) is 19.4. The fraction of sp³-hybridized carbons (Fsp3) is 0.609. The Bertz CT molecular complexity index is 865. The molecule has 5 nitrogen and oxygen atoms in total. The number of halogens is 4. The summed E-state index contributed by atoms with van der Waals surface area (Å²) in [6, 6.07) is 5.03. The minimum absolute atomic E-state index is 0. The summed E-state index contributed by atoms with van der Waals surface area (Å²) >= 11 is 6.00. The van der Waals surface area contributed by atoms with Crippen molar-refractivity contribution in [3.8, 4) is 0 Å². The predicted octanol–water partition coefficient (Wildman–Crippen LogP) is 2.00. The average molecular weight is 513 g/mol. The van der Waals surface area contributed by atoms with Crippen LogP contribution in [-0.4, -0.2) is 60.2 Å². The Balaban J connectivity index is 0.000000227. The van der Waals surface area contributed by atoms with Crippen molar-refractivity contribution in [3.05, 3.63) is 52.5 Å². The minimum Gasteiger partial charge on any atom is -0.785 e. The topological polar surface area (TPSA) is 55.8 Å². The molecule has 1 aromatic rings. The van der Waals surface area contributed by atoms with Crippen LogP contribution in [0.25, 0.3) is 0 Å². The van der Waals surface area contributed by atoms with Crippen LogP contribution in [-0.2, 0) is 9.53 Å². The van der Waals surface area contributed by atoms with Crippen molar-refractivity contribution >= 4 is 17.5 Å². The van der Waals surface area contributed by atoms with Crippen LogP contribution >= 0.6 is 11.6 Å². The Morgan fingerprint density at radius 1 is 1.30 bits per heavy atom. The smallest absolute Gasteiger partial charge is 0.785 e. The molecule has 3 aliphatic heterocycles. The number of alkyl halides is 2. The van der Waals surface area contributed by atoms with Gasteiger partial charge in [-0.05, 0) is 63.3 Å². The second-order valence-electron chi connectivity index (χ2n) is 9.44. The average Bonchev–Trinajstić information content (AvgIpc) is 2.67. The molecule has 1 unspecified atom stereocenters. The molecule has 33 heavy (non-hydrogen) atoms. The zero-order valence-corrected chi connectivity index (χ0v) is 23.3. The zero-order chi connectivity index (χ0) is 23.7. The van der Waals surface area contributed by atoms with E-state index < -0.39 is 17.9 Å². The SMILES string of the molecule is C=CC(=O)N1CC2(CCN([O-])CC2(F)F)C1.CC1(C)CC(c2cccc(F)c2Cl)CCO1.[K+]. The summed E-state index contributed by atoms with van der Waals surface area (Å²) in [6.45, 7) is 7.55. The first kappa shape index (κ1) is 29.3. The molecule has 0 radical (unpaired) electrons. The molecule has 3 aliphatic rings. The van der Waals surface area contributed by atoms with E-state index in [2.05, 4.69) is 20.4 Å². The number of rotatable bonds is 2. The largest absolute Gasteiger partial charge is 1.00 e. The molecule has 0 bridgehead atoms. The second-order valence-corrected chi connectivity index (χ2v) is 9.82. The Morgan fingerprint density at radius 2 is 1.97 bits per heavy atom. The molecule has 1 atom stereocenters. The number of carbonyl (C=O) groups is 1. The van der Waals surface area contributed by atoms with E-state index in [1.54, 1.807) is 6.07 Å². The first-order valence-electron chi connectivity index (χ1n) is 10.7. The van der Waals surface area contributed by atoms with Gasteiger partial charge in [0.25, 0.3) is 5.92 Å². The molecule has 178 valence electrons. The van der Waals surface area contributed by atoms with Crippen LogP contribution in [0.1, 0.15) is 44.6 Å². The molecule has 3 saturated heterocycles. The van der Waals surface area contributed by atoms with Crippen molar-refractivity contribution in [2.75, 3.05) is 32.8 Å². The van der Waals surface area contributed by atoms with Gasteiger partial charge in [-0.1, -0.05) is 30.3 Å². The molecule has 0 saturated carbocycles. The van der Waals surface area contributed by atoms with E-state index in [9.17, 15) is 23.2 Å². The van der Waals surface area contributed by atoms with Crippen LogP contribution in [0.3, 0.4) is 0 Å². The molecule has 3 fully saturated rings. The van der Waals surface area contributed by atoms with Gasteiger partial charge in [-0.15, -0.1) is 0 Å². The molecule has 0 aliphatic carbocycles. The number of hydrogen-bond acceptors (Lipinski definition) is 4. The molecule has 1 aromatic carbocycles. The number of nitrogens with zero attached hydrogens (tertiary/aromatic N) is 2. The molecule has 0 aromatic heterocycles. The quantitative estimate of drug-likeness (QED) is 0.449. The Kier molecular flexibility index (Phi) is 10.1. The maximum Gasteiger partial charge on any atom is 1.00 e. The molecule has 0 N–H and O–H groups in total. The maximum atomic E-state index is 13.7. The van der Waals surface area contributed by atoms with Gasteiger partial charge in [-0.3, -0.25) is 4.79 Å². The van der Waals surface area contributed by atoms with Crippen molar-refractivity contribution in [1.82, 2.24) is 9.96 Å². The standard InChI is InChI=1S/C13H16ClFO.C10H13F2N2O2.K/c1-13(2)8-9(6-7-16-13)10-4-3-5-11(15)12(10)14;1-2-8(15)13-5-9(6-13)3-4-14(16)7-10(9,11)12;/h3-5,9H,6-8H2,1-2H3;2H,1,3-7H2;/q;-1;+1. The Morgan fingerprint density at radius 3 is 2.55 bits per heavy atom. The van der Waals surface area contributed by atoms with E-state index in [0.717, 1.165) is 24.5 Å². The molecule has 3 heterocycles. The predicted molar refractivity (Wildman–Crippen MR) is 117 cm³/mol. The molecule has 10 heteroatoms. The summed E-state index contributed by atoms with van der Waals surface area (Å²) in [5.41, 5.74) is -0.413. The molecule has 1 spiro atoms. The van der Waals surface area contributed by atoms with E-state index >= 15 is 0 Å². The number of benzene rings is 1. The van der Waals surface area contributed by atoms with Crippen LogP contribution < -0.4 is 51.4 Å². The summed E-state index contributed by atoms with van der Waals surface area (Å²) in [4.78, 5) is 12.5. The maximum absolute atomic E-state index is 13.7. The van der Waals surface area contributed by atoms with Crippen molar-refractivity contribution in [1.29, 1.82) is 0 Å². The van der Waals surface area contributed by atoms with Gasteiger partial charge in [-0.2, -0.15) is 0 Å². The first-order valence-corrected chi connectivity index (χ1v) is 11.1. The monoisotopic (exact) mass is 512 g/mol. The van der Waals surface area contributed by atoms with E-state index in [1.807, 2.05) is 6.07 Å². The van der Waals surface area contributed by atoms with Gasteiger partial charge in [0.2, 0.25) is 5.91 Å². The summed E-state index contributed by atoms with van der Waals surface area (Å²) < 4.78 is 46.4. The Labute approximate surface area is 240 Å². The summed E-state index contributed by atoms with van der Waals surface area (Å²) in [5.74, 6) is -3.37. The number of likely N-dealkylation sites (tertiary alicyclic amines) is 1. The van der Waals surface area contributed by atoms with Gasteiger partial charge in [0, 0.05) is 19.7 Å². The fourth-order valence-electron chi connectivity index (χ4n) is 4.68. The number of hydrogen-bond donors (Lipinski definition) is 0. The van der Waals surface area contributed by atoms with Crippen molar-refractivity contribution in [2.24, 2.45) is 5.41 Å². The summed E-state index contributed by atoms with van der Waals surface area (Å²) in [7, 11) is 0. The number of ether oxygens (including phenoxy) is 1. The third-order valence-electron chi connectivity index (χ3n) is 6.58. The van der Waals surface area contributed by atoms with Gasteiger partial charge in [0.05, 0.1) is 22.6 Å². The third-order valence-corrected chi connectivity index (χ3v) is 6.98. The first-order chi connectivity index (χ1) is 14.9. The Hall–Kier alpha value is 0.0264. The van der Waals surface area contributed by atoms with Crippen molar-refractivity contribution in [3.63, 3.8) is 0 Å². The van der Waals surface area contributed by atoms with E-state index in [-0.39, 0.29) is 99.8 Å². The number of piperidine rings is 1. The van der Waals surface area contributed by atoms with Gasteiger partial charge in [0.15, 0.2) is 0 Å². The normalized spacial score (nSPS) is 25.2. The summed E-state index contributed by atoms with van der Waals surface area (Å²) in [6.07, 6.45) is 3.06. The van der Waals surface area contributed by atoms with Gasteiger partial charge < -0.3 is 19.9 Å². The van der Waals surface area contributed by atoms with Crippen LogP contribution in [0.2, 0.25) is 5.02 Å². The van der Waals surface area contributed by atoms with Crippen LogP contribution in [0, 0.1) is 16.4 Å². The van der Waals surface area contributed by atoms with E-state index in [1.165, 1.54) is 11.0 Å². The van der Waals surface area contributed by atoms with Gasteiger partial charge in [0.1, 0.15) is 5.82 Å². The molecular formula is C23H29ClF3KN2O3. The van der Waals surface area contributed by atoms with Crippen LogP contribution in [0.5, 0.6) is 0 Å².